The molecular formula is C11H9ClF3N3O2S. The smallest absolute Gasteiger partial charge is 0.392 e. The Balaban J connectivity index is 2.95. The van der Waals surface area contributed by atoms with Gasteiger partial charge in [0.1, 0.15) is 0 Å². The van der Waals surface area contributed by atoms with Crippen LogP contribution in [0.3, 0.4) is 0 Å². The molecule has 0 aliphatic rings. The van der Waals surface area contributed by atoms with Crippen molar-refractivity contribution in [2.24, 2.45) is 5.73 Å². The highest BCUT2D eigenvalue weighted by Crippen LogP contribution is 2.38. The number of carbonyl (C=O) groups excluding carboxylic acids is 2. The maximum Gasteiger partial charge on any atom is 0.418 e. The molecule has 0 spiro atoms. The number of alkyl halides is 3. The first-order valence-corrected chi connectivity index (χ1v) is 6.14. The molecule has 0 bridgehead atoms. The fourth-order valence-electron chi connectivity index (χ4n) is 1.31. The first kappa shape index (κ1) is 17.2. The van der Waals surface area contributed by atoms with Crippen molar-refractivity contribution >= 4 is 46.3 Å². The molecule has 0 unspecified atom stereocenters. The van der Waals surface area contributed by atoms with Crippen LogP contribution < -0.4 is 16.4 Å². The lowest BCUT2D eigenvalue weighted by atomic mass is 10.1. The lowest BCUT2D eigenvalue weighted by molar-refractivity contribution is -0.138. The zero-order valence-electron chi connectivity index (χ0n) is 10.3. The van der Waals surface area contributed by atoms with Gasteiger partial charge in [0, 0.05) is 0 Å². The molecule has 4 N–H and O–H groups in total. The molecule has 0 aromatic heterocycles. The summed E-state index contributed by atoms with van der Waals surface area (Å²) in [5, 5.41) is 3.51. The third kappa shape index (κ3) is 4.87. The average molecular weight is 340 g/mol. The molecule has 0 atom stereocenters. The summed E-state index contributed by atoms with van der Waals surface area (Å²) in [7, 11) is 0. The number of benzene rings is 1. The van der Waals surface area contributed by atoms with Gasteiger partial charge in [-0.15, -0.1) is 0 Å². The van der Waals surface area contributed by atoms with Crippen molar-refractivity contribution in [2.45, 2.75) is 6.18 Å². The van der Waals surface area contributed by atoms with Crippen molar-refractivity contribution in [2.75, 3.05) is 11.9 Å². The summed E-state index contributed by atoms with van der Waals surface area (Å²) >= 11 is 10.1. The van der Waals surface area contributed by atoms with Gasteiger partial charge in [-0.25, -0.2) is 0 Å². The Bertz CT molecular complexity index is 593. The van der Waals surface area contributed by atoms with Crippen LogP contribution in [0.4, 0.5) is 18.9 Å². The molecule has 0 saturated heterocycles. The van der Waals surface area contributed by atoms with E-state index in [2.05, 4.69) is 12.2 Å². The van der Waals surface area contributed by atoms with Crippen LogP contribution in [-0.4, -0.2) is 23.3 Å². The first-order chi connectivity index (χ1) is 9.62. The number of thiocarbonyl (C=S) groups is 1. The monoisotopic (exact) mass is 339 g/mol. The number of nitrogens with one attached hydrogen (secondary N) is 2. The number of carbonyl (C=O) groups is 2. The number of hydrogen-bond acceptors (Lipinski definition) is 3. The van der Waals surface area contributed by atoms with Crippen molar-refractivity contribution in [3.63, 3.8) is 0 Å². The standard InChI is InChI=1S/C11H9ClF3N3O2S/c12-6-3-1-2-5(11(13,14)15)8(6)18-10(20)9(19)17-4-7(16)21/h1-3H,4H2,(H2,16,21)(H,17,19)(H,18,20). The van der Waals surface area contributed by atoms with E-state index < -0.39 is 29.2 Å². The van der Waals surface area contributed by atoms with Crippen LogP contribution in [0.1, 0.15) is 5.56 Å². The lowest BCUT2D eigenvalue weighted by Gasteiger charge is -2.14. The molecule has 0 fully saturated rings. The Morgan fingerprint density at radius 3 is 2.43 bits per heavy atom. The Morgan fingerprint density at radius 2 is 1.90 bits per heavy atom. The zero-order chi connectivity index (χ0) is 16.2. The molecule has 1 rings (SSSR count). The Labute approximate surface area is 127 Å². The first-order valence-electron chi connectivity index (χ1n) is 5.36. The van der Waals surface area contributed by atoms with Gasteiger partial charge < -0.3 is 16.4 Å². The molecule has 0 aliphatic heterocycles. The molecule has 10 heteroatoms. The van der Waals surface area contributed by atoms with Gasteiger partial charge in [0.2, 0.25) is 0 Å². The third-order valence-electron chi connectivity index (χ3n) is 2.19. The van der Waals surface area contributed by atoms with Crippen LogP contribution in [-0.2, 0) is 15.8 Å². The summed E-state index contributed by atoms with van der Waals surface area (Å²) in [5.41, 5.74) is 3.26. The molecule has 1 aromatic rings. The Morgan fingerprint density at radius 1 is 1.29 bits per heavy atom. The zero-order valence-corrected chi connectivity index (χ0v) is 11.8. The summed E-state index contributed by atoms with van der Waals surface area (Å²) < 4.78 is 38.4. The molecular weight excluding hydrogens is 331 g/mol. The van der Waals surface area contributed by atoms with Gasteiger partial charge in [0.25, 0.3) is 0 Å². The normalized spacial score (nSPS) is 10.9. The van der Waals surface area contributed by atoms with Crippen molar-refractivity contribution in [3.05, 3.63) is 28.8 Å². The largest absolute Gasteiger partial charge is 0.418 e. The topological polar surface area (TPSA) is 84.2 Å². The maximum atomic E-state index is 12.8. The molecule has 0 heterocycles. The van der Waals surface area contributed by atoms with Crippen molar-refractivity contribution in [1.82, 2.24) is 5.32 Å². The second kappa shape index (κ2) is 6.72. The van der Waals surface area contributed by atoms with Crippen LogP contribution in [0.5, 0.6) is 0 Å². The average Bonchev–Trinajstić information content (AvgIpc) is 2.36. The number of rotatable bonds is 3. The number of halogens is 4. The Kier molecular flexibility index (Phi) is 5.50. The van der Waals surface area contributed by atoms with E-state index in [-0.39, 0.29) is 16.6 Å². The van der Waals surface area contributed by atoms with Crippen molar-refractivity contribution in [3.8, 4) is 0 Å². The molecule has 1 aromatic carbocycles. The highest BCUT2D eigenvalue weighted by atomic mass is 35.5. The molecule has 2 amide bonds. The van der Waals surface area contributed by atoms with Crippen LogP contribution >= 0.6 is 23.8 Å². The van der Waals surface area contributed by atoms with Crippen molar-refractivity contribution in [1.29, 1.82) is 0 Å². The van der Waals surface area contributed by atoms with E-state index in [0.29, 0.717) is 0 Å². The van der Waals surface area contributed by atoms with Gasteiger partial charge in [0.05, 0.1) is 27.8 Å². The quantitative estimate of drug-likeness (QED) is 0.578. The van der Waals surface area contributed by atoms with Gasteiger partial charge in [-0.05, 0) is 12.1 Å². The van der Waals surface area contributed by atoms with Crippen molar-refractivity contribution < 1.29 is 22.8 Å². The third-order valence-corrected chi connectivity index (χ3v) is 2.65. The van der Waals surface area contributed by atoms with Crippen LogP contribution in [0.25, 0.3) is 0 Å². The highest BCUT2D eigenvalue weighted by molar-refractivity contribution is 7.80. The van der Waals surface area contributed by atoms with Crippen LogP contribution in [0.2, 0.25) is 5.02 Å². The number of hydrogen-bond donors (Lipinski definition) is 3. The molecule has 0 radical (unpaired) electrons. The predicted octanol–water partition coefficient (Wildman–Crippen LogP) is 1.70. The van der Waals surface area contributed by atoms with E-state index in [4.69, 9.17) is 17.3 Å². The molecule has 0 aliphatic carbocycles. The van der Waals surface area contributed by atoms with E-state index in [1.165, 1.54) is 0 Å². The summed E-state index contributed by atoms with van der Waals surface area (Å²) in [5.74, 6) is -2.50. The van der Waals surface area contributed by atoms with Gasteiger partial charge in [-0.2, -0.15) is 13.2 Å². The second-order valence-electron chi connectivity index (χ2n) is 3.76. The summed E-state index contributed by atoms with van der Waals surface area (Å²) in [6, 6.07) is 2.96. The summed E-state index contributed by atoms with van der Waals surface area (Å²) in [4.78, 5) is 22.8. The number of anilines is 1. The van der Waals surface area contributed by atoms with Gasteiger partial charge in [-0.3, -0.25) is 9.59 Å². The molecule has 5 nitrogen and oxygen atoms in total. The molecule has 0 saturated carbocycles. The summed E-state index contributed by atoms with van der Waals surface area (Å²) in [6.07, 6.45) is -4.73. The van der Waals surface area contributed by atoms with E-state index >= 15 is 0 Å². The van der Waals surface area contributed by atoms with E-state index in [1.54, 1.807) is 0 Å². The van der Waals surface area contributed by atoms with Gasteiger partial charge >= 0.3 is 18.0 Å². The minimum absolute atomic E-state index is 0.0788. The van der Waals surface area contributed by atoms with Gasteiger partial charge in [-0.1, -0.05) is 29.9 Å². The summed E-state index contributed by atoms with van der Waals surface area (Å²) in [6.45, 7) is -0.254. The number of amides is 2. The highest BCUT2D eigenvalue weighted by Gasteiger charge is 2.35. The maximum absolute atomic E-state index is 12.8. The van der Waals surface area contributed by atoms with E-state index in [0.717, 1.165) is 18.2 Å². The SMILES string of the molecule is NC(=S)CNC(=O)C(=O)Nc1c(Cl)cccc1C(F)(F)F. The predicted molar refractivity (Wildman–Crippen MR) is 74.9 cm³/mol. The molecule has 114 valence electrons. The number of para-hydroxylation sites is 1. The number of nitrogens with two attached hydrogens (primary N) is 1. The lowest BCUT2D eigenvalue weighted by Crippen LogP contribution is -2.39. The fourth-order valence-corrected chi connectivity index (χ4v) is 1.60. The Hall–Kier alpha value is -1.87. The van der Waals surface area contributed by atoms with Crippen LogP contribution in [0.15, 0.2) is 18.2 Å². The van der Waals surface area contributed by atoms with E-state index in [1.807, 2.05) is 10.6 Å². The van der Waals surface area contributed by atoms with E-state index in [9.17, 15) is 22.8 Å². The fraction of sp³-hybridized carbons (Fsp3) is 0.182. The minimum Gasteiger partial charge on any atom is -0.392 e. The second-order valence-corrected chi connectivity index (χ2v) is 4.69. The minimum atomic E-state index is -4.73. The molecule has 21 heavy (non-hydrogen) atoms. The van der Waals surface area contributed by atoms with Crippen LogP contribution in [0, 0.1) is 0 Å². The van der Waals surface area contributed by atoms with Gasteiger partial charge in [0.15, 0.2) is 0 Å².